The summed E-state index contributed by atoms with van der Waals surface area (Å²) in [5.41, 5.74) is 0.238. The number of nitrogens with zero attached hydrogens (tertiary/aromatic N) is 1. The van der Waals surface area contributed by atoms with Crippen molar-refractivity contribution in [3.8, 4) is 0 Å². The molecule has 0 saturated heterocycles. The molecule has 0 aliphatic rings. The van der Waals surface area contributed by atoms with Gasteiger partial charge in [0.05, 0.1) is 5.69 Å². The van der Waals surface area contributed by atoms with Gasteiger partial charge in [-0.2, -0.15) is 13.2 Å². The molecule has 0 amide bonds. The zero-order valence-electron chi connectivity index (χ0n) is 6.18. The topological polar surface area (TPSA) is 33.1 Å². The molecule has 74 valence electrons. The molecule has 0 saturated carbocycles. The lowest BCUT2D eigenvalue weighted by atomic mass is 10.2. The molecule has 1 aromatic heterocycles. The molecule has 1 unspecified atom stereocenters. The Morgan fingerprint density at radius 1 is 1.62 bits per heavy atom. The second kappa shape index (κ2) is 3.93. The fourth-order valence-electron chi connectivity index (χ4n) is 0.690. The Morgan fingerprint density at radius 2 is 2.23 bits per heavy atom. The van der Waals surface area contributed by atoms with E-state index < -0.39 is 18.7 Å². The number of rotatable bonds is 2. The molecule has 7 heteroatoms. The van der Waals surface area contributed by atoms with Gasteiger partial charge in [-0.15, -0.1) is 11.3 Å². The standard InChI is InChI=1S/C6H5BrF3NOS/c7-5-11-3(2-13-5)1-4(12)6(8,9)10/h2,4,12H,1H2. The summed E-state index contributed by atoms with van der Waals surface area (Å²) < 4.78 is 36.1. The quantitative estimate of drug-likeness (QED) is 0.899. The summed E-state index contributed by atoms with van der Waals surface area (Å²) in [6.45, 7) is 0. The second-order valence-corrected chi connectivity index (χ2v) is 4.49. The third-order valence-corrected chi connectivity index (χ3v) is 2.72. The van der Waals surface area contributed by atoms with Gasteiger partial charge in [-0.05, 0) is 15.9 Å². The normalized spacial score (nSPS) is 14.5. The maximum atomic E-state index is 11.9. The van der Waals surface area contributed by atoms with Gasteiger partial charge in [0.15, 0.2) is 10.0 Å². The molecule has 2 nitrogen and oxygen atoms in total. The minimum absolute atomic E-state index is 0.238. The second-order valence-electron chi connectivity index (χ2n) is 2.35. The summed E-state index contributed by atoms with van der Waals surface area (Å²) in [6.07, 6.45) is -7.40. The van der Waals surface area contributed by atoms with E-state index in [-0.39, 0.29) is 5.69 Å². The van der Waals surface area contributed by atoms with Crippen LogP contribution in [-0.2, 0) is 6.42 Å². The molecule has 1 atom stereocenters. The van der Waals surface area contributed by atoms with Crippen LogP contribution in [0.2, 0.25) is 0 Å². The van der Waals surface area contributed by atoms with Gasteiger partial charge in [0.2, 0.25) is 0 Å². The van der Waals surface area contributed by atoms with E-state index in [1.807, 2.05) is 0 Å². The molecule has 0 spiro atoms. The first-order valence-electron chi connectivity index (χ1n) is 3.24. The molecule has 0 aliphatic heterocycles. The maximum absolute atomic E-state index is 11.9. The van der Waals surface area contributed by atoms with E-state index in [1.54, 1.807) is 0 Å². The van der Waals surface area contributed by atoms with Crippen molar-refractivity contribution < 1.29 is 18.3 Å². The minimum atomic E-state index is -4.57. The van der Waals surface area contributed by atoms with Gasteiger partial charge in [0.25, 0.3) is 0 Å². The first kappa shape index (κ1) is 10.9. The molecule has 1 rings (SSSR count). The van der Waals surface area contributed by atoms with Crippen molar-refractivity contribution in [3.63, 3.8) is 0 Å². The molecule has 0 aliphatic carbocycles. The van der Waals surface area contributed by atoms with Crippen LogP contribution < -0.4 is 0 Å². The zero-order valence-corrected chi connectivity index (χ0v) is 8.58. The lowest BCUT2D eigenvalue weighted by Gasteiger charge is -2.12. The Kier molecular flexibility index (Phi) is 3.31. The molecule has 13 heavy (non-hydrogen) atoms. The van der Waals surface area contributed by atoms with Gasteiger partial charge in [-0.3, -0.25) is 0 Å². The summed E-state index contributed by atoms with van der Waals surface area (Å²) in [7, 11) is 0. The largest absolute Gasteiger partial charge is 0.414 e. The van der Waals surface area contributed by atoms with E-state index in [1.165, 1.54) is 16.7 Å². The van der Waals surface area contributed by atoms with Crippen LogP contribution in [0.4, 0.5) is 13.2 Å². The van der Waals surface area contributed by atoms with Crippen LogP contribution in [0.15, 0.2) is 9.30 Å². The number of aliphatic hydroxyl groups excluding tert-OH is 1. The van der Waals surface area contributed by atoms with E-state index in [0.29, 0.717) is 3.92 Å². The molecule has 1 aromatic rings. The Balaban J connectivity index is 2.60. The molecular weight excluding hydrogens is 271 g/mol. The smallest absolute Gasteiger partial charge is 0.383 e. The van der Waals surface area contributed by atoms with Crippen LogP contribution in [0.5, 0.6) is 0 Å². The maximum Gasteiger partial charge on any atom is 0.414 e. The van der Waals surface area contributed by atoms with Crippen molar-refractivity contribution in [2.75, 3.05) is 0 Å². The highest BCUT2D eigenvalue weighted by atomic mass is 79.9. The van der Waals surface area contributed by atoms with E-state index in [2.05, 4.69) is 20.9 Å². The lowest BCUT2D eigenvalue weighted by molar-refractivity contribution is -0.203. The third kappa shape index (κ3) is 3.24. The van der Waals surface area contributed by atoms with Crippen LogP contribution >= 0.6 is 27.3 Å². The van der Waals surface area contributed by atoms with Crippen molar-refractivity contribution in [3.05, 3.63) is 15.0 Å². The number of aliphatic hydroxyl groups is 1. The first-order chi connectivity index (χ1) is 5.89. The van der Waals surface area contributed by atoms with E-state index >= 15 is 0 Å². The number of hydrogen-bond acceptors (Lipinski definition) is 3. The van der Waals surface area contributed by atoms with Gasteiger partial charge in [-0.25, -0.2) is 4.98 Å². The monoisotopic (exact) mass is 275 g/mol. The Labute approximate surface area is 84.5 Å². The van der Waals surface area contributed by atoms with Crippen molar-refractivity contribution in [1.82, 2.24) is 4.98 Å². The Hall–Kier alpha value is -0.140. The number of thiazole rings is 1. The van der Waals surface area contributed by atoms with Crippen LogP contribution in [0.3, 0.4) is 0 Å². The highest BCUT2D eigenvalue weighted by Gasteiger charge is 2.38. The van der Waals surface area contributed by atoms with Crippen LogP contribution in [0.25, 0.3) is 0 Å². The zero-order chi connectivity index (χ0) is 10.1. The van der Waals surface area contributed by atoms with Crippen LogP contribution in [0, 0.1) is 0 Å². The average molecular weight is 276 g/mol. The van der Waals surface area contributed by atoms with Crippen molar-refractivity contribution in [2.24, 2.45) is 0 Å². The molecule has 0 aromatic carbocycles. The molecular formula is C6H5BrF3NOS. The lowest BCUT2D eigenvalue weighted by Crippen LogP contribution is -2.30. The number of aromatic nitrogens is 1. The van der Waals surface area contributed by atoms with Crippen LogP contribution in [-0.4, -0.2) is 22.4 Å². The van der Waals surface area contributed by atoms with E-state index in [0.717, 1.165) is 0 Å². The summed E-state index contributed by atoms with van der Waals surface area (Å²) in [6, 6.07) is 0. The predicted octanol–water partition coefficient (Wildman–Crippen LogP) is 2.37. The summed E-state index contributed by atoms with van der Waals surface area (Å²) >= 11 is 4.20. The minimum Gasteiger partial charge on any atom is -0.383 e. The van der Waals surface area contributed by atoms with Gasteiger partial charge >= 0.3 is 6.18 Å². The van der Waals surface area contributed by atoms with E-state index in [4.69, 9.17) is 5.11 Å². The molecule has 0 bridgehead atoms. The average Bonchev–Trinajstić information content (AvgIpc) is 2.33. The fourth-order valence-corrected chi connectivity index (χ4v) is 1.75. The number of alkyl halides is 3. The highest BCUT2D eigenvalue weighted by molar-refractivity contribution is 9.11. The summed E-state index contributed by atoms with van der Waals surface area (Å²) in [5, 5.41) is 10.1. The third-order valence-electron chi connectivity index (χ3n) is 1.30. The fraction of sp³-hybridized carbons (Fsp3) is 0.500. The van der Waals surface area contributed by atoms with Crippen LogP contribution in [0.1, 0.15) is 5.69 Å². The SMILES string of the molecule is OC(Cc1csc(Br)n1)C(F)(F)F. The van der Waals surface area contributed by atoms with Crippen molar-refractivity contribution >= 4 is 27.3 Å². The molecule has 0 fully saturated rings. The van der Waals surface area contributed by atoms with Crippen molar-refractivity contribution in [2.45, 2.75) is 18.7 Å². The molecule has 1 N–H and O–H groups in total. The molecule has 1 heterocycles. The van der Waals surface area contributed by atoms with Gasteiger partial charge in [0, 0.05) is 11.8 Å². The highest BCUT2D eigenvalue weighted by Crippen LogP contribution is 2.24. The first-order valence-corrected chi connectivity index (χ1v) is 4.91. The van der Waals surface area contributed by atoms with Gasteiger partial charge in [-0.1, -0.05) is 0 Å². The number of hydrogen-bond donors (Lipinski definition) is 1. The number of halogens is 4. The van der Waals surface area contributed by atoms with Gasteiger partial charge < -0.3 is 5.11 Å². The Morgan fingerprint density at radius 3 is 2.62 bits per heavy atom. The van der Waals surface area contributed by atoms with E-state index in [9.17, 15) is 13.2 Å². The van der Waals surface area contributed by atoms with Crippen molar-refractivity contribution in [1.29, 1.82) is 0 Å². The predicted molar refractivity (Wildman–Crippen MR) is 45.6 cm³/mol. The summed E-state index contributed by atoms with van der Waals surface area (Å²) in [5.74, 6) is 0. The van der Waals surface area contributed by atoms with Gasteiger partial charge in [0.1, 0.15) is 0 Å². The Bertz CT molecular complexity index is 288. The molecule has 0 radical (unpaired) electrons. The summed E-state index contributed by atoms with van der Waals surface area (Å²) in [4.78, 5) is 3.74.